The van der Waals surface area contributed by atoms with Gasteiger partial charge in [0.25, 0.3) is 5.91 Å². The number of amides is 1. The Labute approximate surface area is 124 Å². The molecule has 0 fully saturated rings. The summed E-state index contributed by atoms with van der Waals surface area (Å²) in [5.41, 5.74) is 0.730. The number of hydrogen-bond donors (Lipinski definition) is 1. The van der Waals surface area contributed by atoms with Crippen molar-refractivity contribution in [3.63, 3.8) is 0 Å². The Balaban J connectivity index is 2.13. The summed E-state index contributed by atoms with van der Waals surface area (Å²) in [6.07, 6.45) is 1.48. The molecule has 104 valence electrons. The van der Waals surface area contributed by atoms with E-state index in [0.29, 0.717) is 18.2 Å². The van der Waals surface area contributed by atoms with E-state index < -0.39 is 11.7 Å². The first-order chi connectivity index (χ1) is 9.61. The van der Waals surface area contributed by atoms with Crippen LogP contribution in [0.3, 0.4) is 0 Å². The van der Waals surface area contributed by atoms with E-state index in [1.54, 1.807) is 12.1 Å². The highest BCUT2D eigenvalue weighted by Gasteiger charge is 2.13. The van der Waals surface area contributed by atoms with Crippen LogP contribution >= 0.6 is 15.9 Å². The molecule has 4 nitrogen and oxygen atoms in total. The number of carbonyl (C=O) groups excluding carboxylic acids is 1. The molecule has 20 heavy (non-hydrogen) atoms. The predicted molar refractivity (Wildman–Crippen MR) is 77.5 cm³/mol. The van der Waals surface area contributed by atoms with Gasteiger partial charge >= 0.3 is 0 Å². The molecule has 0 unspecified atom stereocenters. The van der Waals surface area contributed by atoms with Crippen LogP contribution in [0.5, 0.6) is 5.88 Å². The molecule has 1 aromatic carbocycles. The molecule has 1 amide bonds. The molecule has 0 saturated heterocycles. The number of rotatable bonds is 4. The molecular formula is C14H12BrFN2O2. The number of carbonyl (C=O) groups is 1. The molecule has 1 aromatic heterocycles. The molecule has 0 bridgehead atoms. The zero-order valence-corrected chi connectivity index (χ0v) is 12.3. The molecule has 0 spiro atoms. The van der Waals surface area contributed by atoms with Gasteiger partial charge in [0.1, 0.15) is 5.82 Å². The lowest BCUT2D eigenvalue weighted by atomic mass is 10.2. The van der Waals surface area contributed by atoms with Gasteiger partial charge in [0.15, 0.2) is 0 Å². The number of halogens is 2. The van der Waals surface area contributed by atoms with Gasteiger partial charge in [-0.1, -0.05) is 6.07 Å². The van der Waals surface area contributed by atoms with E-state index in [1.165, 1.54) is 24.4 Å². The van der Waals surface area contributed by atoms with Crippen molar-refractivity contribution in [2.75, 3.05) is 11.9 Å². The lowest BCUT2D eigenvalue weighted by molar-refractivity contribution is 0.102. The van der Waals surface area contributed by atoms with Gasteiger partial charge in [0.2, 0.25) is 5.88 Å². The fourth-order valence-corrected chi connectivity index (χ4v) is 2.01. The van der Waals surface area contributed by atoms with E-state index in [-0.39, 0.29) is 10.0 Å². The summed E-state index contributed by atoms with van der Waals surface area (Å²) in [6, 6.07) is 7.61. The zero-order chi connectivity index (χ0) is 14.5. The molecule has 2 rings (SSSR count). The summed E-state index contributed by atoms with van der Waals surface area (Å²) in [6.45, 7) is 2.38. The first-order valence-corrected chi connectivity index (χ1v) is 6.75. The number of benzene rings is 1. The minimum atomic E-state index is -0.484. The molecule has 0 radical (unpaired) electrons. The highest BCUT2D eigenvalue weighted by molar-refractivity contribution is 9.10. The Hall–Kier alpha value is -1.95. The summed E-state index contributed by atoms with van der Waals surface area (Å²) in [5.74, 6) is -0.415. The summed E-state index contributed by atoms with van der Waals surface area (Å²) in [5, 5.41) is 2.64. The van der Waals surface area contributed by atoms with Crippen molar-refractivity contribution in [2.24, 2.45) is 0 Å². The van der Waals surface area contributed by atoms with Gasteiger partial charge in [-0.3, -0.25) is 4.79 Å². The molecule has 1 N–H and O–H groups in total. The van der Waals surface area contributed by atoms with Crippen LogP contribution in [0.25, 0.3) is 0 Å². The fourth-order valence-electron chi connectivity index (χ4n) is 1.57. The number of nitrogens with one attached hydrogen (secondary N) is 1. The van der Waals surface area contributed by atoms with Gasteiger partial charge in [-0.25, -0.2) is 9.37 Å². The molecule has 0 aliphatic carbocycles. The van der Waals surface area contributed by atoms with Gasteiger partial charge < -0.3 is 10.1 Å². The Morgan fingerprint density at radius 2 is 2.20 bits per heavy atom. The molecule has 0 aliphatic heterocycles. The zero-order valence-electron chi connectivity index (χ0n) is 10.7. The number of nitrogens with zero attached hydrogens (tertiary/aromatic N) is 1. The van der Waals surface area contributed by atoms with Crippen LogP contribution in [0.1, 0.15) is 17.3 Å². The number of aromatic nitrogens is 1. The highest BCUT2D eigenvalue weighted by Crippen LogP contribution is 2.21. The molecular weight excluding hydrogens is 327 g/mol. The van der Waals surface area contributed by atoms with Crippen molar-refractivity contribution >= 4 is 27.5 Å². The Morgan fingerprint density at radius 3 is 2.85 bits per heavy atom. The van der Waals surface area contributed by atoms with Crippen molar-refractivity contribution in [1.82, 2.24) is 4.98 Å². The monoisotopic (exact) mass is 338 g/mol. The van der Waals surface area contributed by atoms with Gasteiger partial charge in [-0.2, -0.15) is 0 Å². The fraction of sp³-hybridized carbons (Fsp3) is 0.143. The van der Waals surface area contributed by atoms with Crippen molar-refractivity contribution in [3.05, 3.63) is 52.4 Å². The lowest BCUT2D eigenvalue weighted by Gasteiger charge is -2.08. The lowest BCUT2D eigenvalue weighted by Crippen LogP contribution is -2.13. The molecule has 0 saturated carbocycles. The summed E-state index contributed by atoms with van der Waals surface area (Å²) < 4.78 is 18.7. The topological polar surface area (TPSA) is 51.2 Å². The third kappa shape index (κ3) is 3.33. The van der Waals surface area contributed by atoms with Crippen molar-refractivity contribution in [1.29, 1.82) is 0 Å². The van der Waals surface area contributed by atoms with Crippen LogP contribution in [0.2, 0.25) is 0 Å². The maximum Gasteiger partial charge on any atom is 0.256 e. The number of hydrogen-bond acceptors (Lipinski definition) is 3. The smallest absolute Gasteiger partial charge is 0.256 e. The Bertz CT molecular complexity index is 617. The van der Waals surface area contributed by atoms with E-state index in [2.05, 4.69) is 26.2 Å². The second-order valence-corrected chi connectivity index (χ2v) is 4.67. The van der Waals surface area contributed by atoms with Crippen molar-refractivity contribution in [3.8, 4) is 5.88 Å². The second kappa shape index (κ2) is 6.47. The highest BCUT2D eigenvalue weighted by atomic mass is 79.9. The number of ether oxygens (including phenoxy) is 1. The maximum absolute atomic E-state index is 13.4. The standard InChI is InChI=1S/C14H12BrFN2O2/c1-2-20-12-7-6-9(8-17-12)18-14(19)10-4-3-5-11(16)13(10)15/h3-8H,2H2,1H3,(H,18,19). The minimum Gasteiger partial charge on any atom is -0.478 e. The van der Waals surface area contributed by atoms with E-state index in [4.69, 9.17) is 4.74 Å². The van der Waals surface area contributed by atoms with Crippen LogP contribution in [-0.4, -0.2) is 17.5 Å². The third-order valence-corrected chi connectivity index (χ3v) is 3.29. The first-order valence-electron chi connectivity index (χ1n) is 5.96. The molecule has 0 aliphatic rings. The van der Waals surface area contributed by atoms with Crippen LogP contribution in [-0.2, 0) is 0 Å². The minimum absolute atomic E-state index is 0.136. The Morgan fingerprint density at radius 1 is 1.40 bits per heavy atom. The molecule has 2 aromatic rings. The first kappa shape index (κ1) is 14.5. The van der Waals surface area contributed by atoms with E-state index in [1.807, 2.05) is 6.92 Å². The summed E-state index contributed by atoms with van der Waals surface area (Å²) in [7, 11) is 0. The van der Waals surface area contributed by atoms with Crippen LogP contribution < -0.4 is 10.1 Å². The second-order valence-electron chi connectivity index (χ2n) is 3.87. The van der Waals surface area contributed by atoms with Crippen molar-refractivity contribution in [2.45, 2.75) is 6.92 Å². The van der Waals surface area contributed by atoms with Gasteiger partial charge in [0, 0.05) is 6.07 Å². The summed E-state index contributed by atoms with van der Waals surface area (Å²) >= 11 is 3.05. The normalized spacial score (nSPS) is 10.2. The Kier molecular flexibility index (Phi) is 4.68. The van der Waals surface area contributed by atoms with E-state index in [0.717, 1.165) is 0 Å². The predicted octanol–water partition coefficient (Wildman–Crippen LogP) is 3.63. The third-order valence-electron chi connectivity index (χ3n) is 2.48. The largest absolute Gasteiger partial charge is 0.478 e. The number of pyridine rings is 1. The van der Waals surface area contributed by atoms with Crippen LogP contribution in [0.4, 0.5) is 10.1 Å². The average molecular weight is 339 g/mol. The van der Waals surface area contributed by atoms with Crippen LogP contribution in [0.15, 0.2) is 41.0 Å². The van der Waals surface area contributed by atoms with Gasteiger partial charge in [-0.15, -0.1) is 0 Å². The quantitative estimate of drug-likeness (QED) is 0.925. The van der Waals surface area contributed by atoms with Crippen LogP contribution in [0, 0.1) is 5.82 Å². The maximum atomic E-state index is 13.4. The molecule has 0 atom stereocenters. The SMILES string of the molecule is CCOc1ccc(NC(=O)c2cccc(F)c2Br)cn1. The molecule has 6 heteroatoms. The average Bonchev–Trinajstić information content (AvgIpc) is 2.44. The van der Waals surface area contributed by atoms with E-state index >= 15 is 0 Å². The van der Waals surface area contributed by atoms with E-state index in [9.17, 15) is 9.18 Å². The van der Waals surface area contributed by atoms with Gasteiger partial charge in [0.05, 0.1) is 28.5 Å². The van der Waals surface area contributed by atoms with Gasteiger partial charge in [-0.05, 0) is 41.1 Å². The number of anilines is 1. The molecule has 1 heterocycles. The van der Waals surface area contributed by atoms with Crippen molar-refractivity contribution < 1.29 is 13.9 Å². The summed E-state index contributed by atoms with van der Waals surface area (Å²) in [4.78, 5) is 16.1.